The van der Waals surface area contributed by atoms with Gasteiger partial charge in [-0.3, -0.25) is 14.4 Å². The molecule has 0 aliphatic heterocycles. The van der Waals surface area contributed by atoms with E-state index in [0.717, 1.165) is 27.7 Å². The second-order valence-corrected chi connectivity index (χ2v) is 10.8. The van der Waals surface area contributed by atoms with Gasteiger partial charge in [0.2, 0.25) is 11.8 Å². The van der Waals surface area contributed by atoms with E-state index in [-0.39, 0.29) is 49.2 Å². The quantitative estimate of drug-likeness (QED) is 0.236. The maximum atomic E-state index is 14.3. The summed E-state index contributed by atoms with van der Waals surface area (Å²) in [6, 6.07) is 21.1. The van der Waals surface area contributed by atoms with E-state index >= 15 is 0 Å². The fraction of sp³-hybridized carbons (Fsp3) is 0.324. The first kappa shape index (κ1) is 29.8. The second-order valence-electron chi connectivity index (χ2n) is 10.8. The zero-order valence-corrected chi connectivity index (χ0v) is 24.4. The van der Waals surface area contributed by atoms with Crippen molar-refractivity contribution in [2.24, 2.45) is 5.92 Å². The molecule has 0 radical (unpaired) electrons. The van der Waals surface area contributed by atoms with Crippen molar-refractivity contribution in [1.82, 2.24) is 9.88 Å². The molecule has 3 aromatic carbocycles. The van der Waals surface area contributed by atoms with Gasteiger partial charge in [-0.15, -0.1) is 0 Å². The molecule has 4 aromatic rings. The summed E-state index contributed by atoms with van der Waals surface area (Å²) in [7, 11) is 1.56. The van der Waals surface area contributed by atoms with Crippen LogP contribution in [-0.2, 0) is 44.9 Å². The van der Waals surface area contributed by atoms with E-state index < -0.39 is 5.92 Å². The maximum Gasteiger partial charge on any atom is 0.325 e. The van der Waals surface area contributed by atoms with Gasteiger partial charge in [-0.2, -0.15) is 0 Å². The van der Waals surface area contributed by atoms with Gasteiger partial charge in [0, 0.05) is 40.8 Å². The Balaban J connectivity index is 1.34. The average Bonchev–Trinajstić information content (AvgIpc) is 3.29. The maximum absolute atomic E-state index is 14.3. The first-order valence-electron chi connectivity index (χ1n) is 14.6. The first-order valence-corrected chi connectivity index (χ1v) is 14.6. The van der Waals surface area contributed by atoms with Crippen LogP contribution in [0.3, 0.4) is 0 Å². The Morgan fingerprint density at radius 1 is 1.05 bits per heavy atom. The summed E-state index contributed by atoms with van der Waals surface area (Å²) in [5, 5.41) is 6.80. The number of nitrogens with zero attached hydrogens (tertiary/aromatic N) is 1. The summed E-state index contributed by atoms with van der Waals surface area (Å²) in [6.07, 6.45) is 2.15. The molecule has 43 heavy (non-hydrogen) atoms. The number of amides is 2. The van der Waals surface area contributed by atoms with Gasteiger partial charge in [-0.25, -0.2) is 4.39 Å². The van der Waals surface area contributed by atoms with Crippen LogP contribution in [0.1, 0.15) is 36.6 Å². The predicted octanol–water partition coefficient (Wildman–Crippen LogP) is 5.21. The number of esters is 1. The molecular formula is C34H36FN3O5. The largest absolute Gasteiger partial charge is 0.497 e. The number of aromatic nitrogens is 1. The zero-order valence-electron chi connectivity index (χ0n) is 24.4. The summed E-state index contributed by atoms with van der Waals surface area (Å²) in [5.41, 5.74) is 4.20. The molecule has 0 saturated carbocycles. The molecule has 0 saturated heterocycles. The van der Waals surface area contributed by atoms with Crippen LogP contribution in [0.4, 0.5) is 10.1 Å². The van der Waals surface area contributed by atoms with Gasteiger partial charge < -0.3 is 24.7 Å². The summed E-state index contributed by atoms with van der Waals surface area (Å²) < 4.78 is 26.7. The lowest BCUT2D eigenvalue weighted by atomic mass is 9.89. The van der Waals surface area contributed by atoms with Gasteiger partial charge >= 0.3 is 5.97 Å². The number of anilines is 1. The van der Waals surface area contributed by atoms with Crippen molar-refractivity contribution in [3.63, 3.8) is 0 Å². The van der Waals surface area contributed by atoms with E-state index in [4.69, 9.17) is 9.47 Å². The van der Waals surface area contributed by atoms with Crippen LogP contribution in [-0.4, -0.2) is 42.1 Å². The molecular weight excluding hydrogens is 549 g/mol. The molecule has 2 atom stereocenters. The molecule has 224 valence electrons. The minimum atomic E-state index is -0.600. The number of hydrogen-bond donors (Lipinski definition) is 2. The Bertz CT molecular complexity index is 1620. The van der Waals surface area contributed by atoms with Gasteiger partial charge in [-0.05, 0) is 74.1 Å². The molecule has 1 aliphatic rings. The predicted molar refractivity (Wildman–Crippen MR) is 162 cm³/mol. The Hall–Kier alpha value is -4.66. The van der Waals surface area contributed by atoms with Crippen LogP contribution < -0.4 is 15.4 Å². The van der Waals surface area contributed by atoms with Crippen molar-refractivity contribution < 1.29 is 28.2 Å². The first-order chi connectivity index (χ1) is 20.8. The van der Waals surface area contributed by atoms with Gasteiger partial charge in [0.1, 0.15) is 18.1 Å². The van der Waals surface area contributed by atoms with Crippen molar-refractivity contribution in [3.8, 4) is 5.75 Å². The number of benzene rings is 3. The second kappa shape index (κ2) is 13.5. The highest BCUT2D eigenvalue weighted by Gasteiger charge is 2.30. The third-order valence-corrected chi connectivity index (χ3v) is 7.85. The van der Waals surface area contributed by atoms with E-state index in [1.54, 1.807) is 44.4 Å². The zero-order chi connectivity index (χ0) is 30.3. The molecule has 9 heteroatoms. The normalized spacial score (nSPS) is 14.9. The number of halogens is 1. The SMILES string of the molecule is CCOC(=O)Cn1c2c(c3cc(F)ccc31)C[C@@H](NC(=O)C(CC(=O)Nc1cccc(OC)c1)Cc1ccccc1)CC2. The summed E-state index contributed by atoms with van der Waals surface area (Å²) in [5.74, 6) is -1.17. The standard InChI is InChI=1S/C34H36FN3O5/c1-3-43-33(40)21-38-30-14-12-24(35)18-28(30)29-20-26(13-15-31(29)38)37-34(41)23(16-22-8-5-4-6-9-22)17-32(39)36-25-10-7-11-27(19-25)42-2/h4-12,14,18-19,23,26H,3,13,15-17,20-21H2,1-2H3,(H,36,39)(H,37,41)/t23?,26-/m0/s1. The van der Waals surface area contributed by atoms with E-state index in [2.05, 4.69) is 10.6 Å². The lowest BCUT2D eigenvalue weighted by Gasteiger charge is -2.27. The molecule has 0 spiro atoms. The molecule has 0 fully saturated rings. The number of ether oxygens (including phenoxy) is 2. The highest BCUT2D eigenvalue weighted by molar-refractivity contribution is 5.94. The van der Waals surface area contributed by atoms with E-state index in [9.17, 15) is 18.8 Å². The van der Waals surface area contributed by atoms with Crippen LogP contribution in [0.15, 0.2) is 72.8 Å². The molecule has 8 nitrogen and oxygen atoms in total. The summed E-state index contributed by atoms with van der Waals surface area (Å²) in [4.78, 5) is 39.2. The Labute approximate surface area is 250 Å². The van der Waals surface area contributed by atoms with Crippen LogP contribution in [0.25, 0.3) is 10.9 Å². The van der Waals surface area contributed by atoms with E-state index in [1.165, 1.54) is 12.1 Å². The minimum Gasteiger partial charge on any atom is -0.497 e. The van der Waals surface area contributed by atoms with Gasteiger partial charge in [-0.1, -0.05) is 36.4 Å². The number of hydrogen-bond acceptors (Lipinski definition) is 5. The molecule has 2 amide bonds. The monoisotopic (exact) mass is 585 g/mol. The van der Waals surface area contributed by atoms with Crippen molar-refractivity contribution in [3.05, 3.63) is 95.4 Å². The smallest absolute Gasteiger partial charge is 0.325 e. The van der Waals surface area contributed by atoms with E-state index in [0.29, 0.717) is 37.1 Å². The van der Waals surface area contributed by atoms with Crippen LogP contribution in [0.5, 0.6) is 5.75 Å². The fourth-order valence-electron chi connectivity index (χ4n) is 5.87. The molecule has 1 aromatic heterocycles. The Morgan fingerprint density at radius 3 is 2.63 bits per heavy atom. The van der Waals surface area contributed by atoms with Crippen molar-refractivity contribution >= 4 is 34.4 Å². The Kier molecular flexibility index (Phi) is 9.39. The molecule has 0 bridgehead atoms. The number of methoxy groups -OCH3 is 1. The third-order valence-electron chi connectivity index (χ3n) is 7.85. The average molecular weight is 586 g/mol. The van der Waals surface area contributed by atoms with Crippen molar-refractivity contribution in [1.29, 1.82) is 0 Å². The van der Waals surface area contributed by atoms with Crippen LogP contribution >= 0.6 is 0 Å². The van der Waals surface area contributed by atoms with Gasteiger partial charge in [0.25, 0.3) is 0 Å². The van der Waals surface area contributed by atoms with Crippen molar-refractivity contribution in [2.75, 3.05) is 19.0 Å². The molecule has 5 rings (SSSR count). The topological polar surface area (TPSA) is 98.7 Å². The van der Waals surface area contributed by atoms with Crippen LogP contribution in [0, 0.1) is 11.7 Å². The fourth-order valence-corrected chi connectivity index (χ4v) is 5.87. The molecule has 1 aliphatic carbocycles. The molecule has 1 heterocycles. The van der Waals surface area contributed by atoms with Gasteiger partial charge in [0.05, 0.1) is 19.6 Å². The minimum absolute atomic E-state index is 0.0000334. The molecule has 2 N–H and O–H groups in total. The number of fused-ring (bicyclic) bond motifs is 3. The summed E-state index contributed by atoms with van der Waals surface area (Å²) in [6.45, 7) is 2.09. The van der Waals surface area contributed by atoms with Crippen LogP contribution in [0.2, 0.25) is 0 Å². The summed E-state index contributed by atoms with van der Waals surface area (Å²) >= 11 is 0. The van der Waals surface area contributed by atoms with Gasteiger partial charge in [0.15, 0.2) is 0 Å². The lowest BCUT2D eigenvalue weighted by molar-refractivity contribution is -0.143. The highest BCUT2D eigenvalue weighted by Crippen LogP contribution is 2.33. The number of rotatable bonds is 11. The number of carbonyl (C=O) groups excluding carboxylic acids is 3. The van der Waals surface area contributed by atoms with Crippen molar-refractivity contribution in [2.45, 2.75) is 51.6 Å². The number of carbonyl (C=O) groups is 3. The lowest BCUT2D eigenvalue weighted by Crippen LogP contribution is -2.43. The Morgan fingerprint density at radius 2 is 1.86 bits per heavy atom. The third kappa shape index (κ3) is 7.23. The molecule has 1 unspecified atom stereocenters. The number of nitrogens with one attached hydrogen (secondary N) is 2. The highest BCUT2D eigenvalue weighted by atomic mass is 19.1. The van der Waals surface area contributed by atoms with E-state index in [1.807, 2.05) is 34.9 Å².